The molecule has 0 radical (unpaired) electrons. The van der Waals surface area contributed by atoms with Crippen LogP contribution >= 0.6 is 11.6 Å². The summed E-state index contributed by atoms with van der Waals surface area (Å²) in [5, 5.41) is 0.497. The Balaban J connectivity index is 1.59. The van der Waals surface area contributed by atoms with E-state index in [1.165, 1.54) is 5.56 Å². The summed E-state index contributed by atoms with van der Waals surface area (Å²) in [6, 6.07) is 11.9. The maximum atomic E-state index is 12.9. The molecule has 2 aromatic carbocycles. The van der Waals surface area contributed by atoms with Gasteiger partial charge in [-0.1, -0.05) is 29.8 Å². The molecule has 0 N–H and O–H groups in total. The second-order valence-electron chi connectivity index (χ2n) is 6.58. The fourth-order valence-corrected chi connectivity index (χ4v) is 3.88. The Hall–Kier alpha value is -2.20. The molecule has 2 aliphatic rings. The van der Waals surface area contributed by atoms with Crippen LogP contribution in [0.5, 0.6) is 11.5 Å². The minimum atomic E-state index is 0.0722. The van der Waals surface area contributed by atoms with Gasteiger partial charge in [0.05, 0.1) is 24.7 Å². The number of carbonyl (C=O) groups is 1. The number of amides is 1. The summed E-state index contributed by atoms with van der Waals surface area (Å²) >= 11 is 6.34. The fraction of sp³-hybridized carbons (Fsp3) is 0.350. The zero-order chi connectivity index (χ0) is 17.4. The van der Waals surface area contributed by atoms with Gasteiger partial charge in [0.25, 0.3) is 0 Å². The Morgan fingerprint density at radius 3 is 2.92 bits per heavy atom. The minimum absolute atomic E-state index is 0.0722. The lowest BCUT2D eigenvalue weighted by molar-refractivity contribution is -0.118. The van der Waals surface area contributed by atoms with Crippen molar-refractivity contribution in [1.82, 2.24) is 0 Å². The molecule has 1 atom stereocenters. The van der Waals surface area contributed by atoms with Crippen LogP contribution in [0, 0.1) is 0 Å². The highest BCUT2D eigenvalue weighted by molar-refractivity contribution is 6.32. The van der Waals surface area contributed by atoms with E-state index in [1.54, 1.807) is 6.07 Å². The molecule has 25 heavy (non-hydrogen) atoms. The molecule has 0 aliphatic carbocycles. The largest absolute Gasteiger partial charge is 0.489 e. The summed E-state index contributed by atoms with van der Waals surface area (Å²) in [6.45, 7) is 3.27. The summed E-state index contributed by atoms with van der Waals surface area (Å²) in [4.78, 5) is 14.8. The Kier molecular flexibility index (Phi) is 4.30. The Bertz CT molecular complexity index is 821. The number of nitrogens with zero attached hydrogens (tertiary/aromatic N) is 1. The van der Waals surface area contributed by atoms with Crippen molar-refractivity contribution >= 4 is 23.2 Å². The summed E-state index contributed by atoms with van der Waals surface area (Å²) < 4.78 is 11.4. The van der Waals surface area contributed by atoms with Crippen LogP contribution < -0.4 is 14.4 Å². The van der Waals surface area contributed by atoms with Crippen molar-refractivity contribution < 1.29 is 14.3 Å². The average Bonchev–Trinajstić information content (AvgIpc) is 2.75. The number of rotatable bonds is 2. The highest BCUT2D eigenvalue weighted by atomic mass is 35.5. The van der Waals surface area contributed by atoms with Crippen LogP contribution in [0.15, 0.2) is 36.4 Å². The zero-order valence-corrected chi connectivity index (χ0v) is 14.9. The molecule has 2 aliphatic heterocycles. The molecule has 0 bridgehead atoms. The summed E-state index contributed by atoms with van der Waals surface area (Å²) in [7, 11) is 0. The zero-order valence-electron chi connectivity index (χ0n) is 14.1. The van der Waals surface area contributed by atoms with E-state index < -0.39 is 0 Å². The topological polar surface area (TPSA) is 38.8 Å². The molecular weight excluding hydrogens is 338 g/mol. The van der Waals surface area contributed by atoms with E-state index in [4.69, 9.17) is 21.1 Å². The van der Waals surface area contributed by atoms with E-state index in [-0.39, 0.29) is 18.4 Å². The molecule has 2 heterocycles. The number of benzene rings is 2. The summed E-state index contributed by atoms with van der Waals surface area (Å²) in [6.07, 6.45) is 2.00. The SMILES string of the molecule is C[C@H]1Cc2ccccc2N1C(=O)Cc1cc(Cl)c2c(c1)OCCCO2. The third kappa shape index (κ3) is 3.07. The van der Waals surface area contributed by atoms with Gasteiger partial charge in [-0.25, -0.2) is 0 Å². The van der Waals surface area contributed by atoms with Crippen molar-refractivity contribution in [2.24, 2.45) is 0 Å². The molecule has 2 aromatic rings. The predicted octanol–water partition coefficient (Wildman–Crippen LogP) is 4.02. The van der Waals surface area contributed by atoms with Crippen molar-refractivity contribution in [1.29, 1.82) is 0 Å². The minimum Gasteiger partial charge on any atom is -0.489 e. The van der Waals surface area contributed by atoms with Gasteiger partial charge in [-0.3, -0.25) is 4.79 Å². The molecule has 0 unspecified atom stereocenters. The van der Waals surface area contributed by atoms with Crippen LogP contribution in [0.25, 0.3) is 0 Å². The molecule has 4 nitrogen and oxygen atoms in total. The van der Waals surface area contributed by atoms with Gasteiger partial charge in [0, 0.05) is 18.2 Å². The first-order valence-electron chi connectivity index (χ1n) is 8.61. The van der Waals surface area contributed by atoms with E-state index in [2.05, 4.69) is 13.0 Å². The van der Waals surface area contributed by atoms with Crippen LogP contribution in [-0.2, 0) is 17.6 Å². The van der Waals surface area contributed by atoms with Crippen molar-refractivity contribution in [3.63, 3.8) is 0 Å². The molecule has 0 saturated heterocycles. The number of halogens is 1. The van der Waals surface area contributed by atoms with Gasteiger partial charge in [0.2, 0.25) is 5.91 Å². The van der Waals surface area contributed by atoms with Gasteiger partial charge in [0.15, 0.2) is 11.5 Å². The van der Waals surface area contributed by atoms with Crippen molar-refractivity contribution in [2.75, 3.05) is 18.1 Å². The van der Waals surface area contributed by atoms with Crippen LogP contribution in [0.1, 0.15) is 24.5 Å². The van der Waals surface area contributed by atoms with E-state index in [0.717, 1.165) is 24.1 Å². The van der Waals surface area contributed by atoms with Crippen LogP contribution in [0.4, 0.5) is 5.69 Å². The number of fused-ring (bicyclic) bond motifs is 2. The average molecular weight is 358 g/mol. The lowest BCUT2D eigenvalue weighted by Gasteiger charge is -2.23. The Morgan fingerprint density at radius 2 is 2.04 bits per heavy atom. The van der Waals surface area contributed by atoms with Crippen LogP contribution in [0.2, 0.25) is 5.02 Å². The number of carbonyl (C=O) groups excluding carboxylic acids is 1. The summed E-state index contributed by atoms with van der Waals surface area (Å²) in [5.74, 6) is 1.28. The fourth-order valence-electron chi connectivity index (χ4n) is 3.59. The van der Waals surface area contributed by atoms with Crippen molar-refractivity contribution in [3.8, 4) is 11.5 Å². The number of anilines is 1. The highest BCUT2D eigenvalue weighted by Crippen LogP contribution is 2.39. The number of ether oxygens (including phenoxy) is 2. The number of para-hydroxylation sites is 1. The molecule has 0 spiro atoms. The smallest absolute Gasteiger partial charge is 0.231 e. The highest BCUT2D eigenvalue weighted by Gasteiger charge is 2.30. The molecule has 1 amide bonds. The first-order valence-corrected chi connectivity index (χ1v) is 8.99. The van der Waals surface area contributed by atoms with Crippen LogP contribution in [-0.4, -0.2) is 25.2 Å². The second-order valence-corrected chi connectivity index (χ2v) is 6.98. The third-order valence-electron chi connectivity index (χ3n) is 4.69. The first kappa shape index (κ1) is 16.3. The molecular formula is C20H20ClNO3. The van der Waals surface area contributed by atoms with Gasteiger partial charge < -0.3 is 14.4 Å². The predicted molar refractivity (Wildman–Crippen MR) is 97.9 cm³/mol. The number of hydrogen-bond donors (Lipinski definition) is 0. The summed E-state index contributed by atoms with van der Waals surface area (Å²) in [5.41, 5.74) is 3.08. The lowest BCUT2D eigenvalue weighted by atomic mass is 10.1. The van der Waals surface area contributed by atoms with Crippen molar-refractivity contribution in [2.45, 2.75) is 32.2 Å². The maximum Gasteiger partial charge on any atom is 0.231 e. The molecule has 4 rings (SSSR count). The maximum absolute atomic E-state index is 12.9. The van der Waals surface area contributed by atoms with Gasteiger partial charge in [0.1, 0.15) is 0 Å². The molecule has 5 heteroatoms. The van der Waals surface area contributed by atoms with E-state index in [0.29, 0.717) is 29.7 Å². The monoisotopic (exact) mass is 357 g/mol. The van der Waals surface area contributed by atoms with Gasteiger partial charge in [-0.15, -0.1) is 0 Å². The van der Waals surface area contributed by atoms with Crippen molar-refractivity contribution in [3.05, 3.63) is 52.5 Å². The van der Waals surface area contributed by atoms with Crippen LogP contribution in [0.3, 0.4) is 0 Å². The van der Waals surface area contributed by atoms with Gasteiger partial charge in [-0.2, -0.15) is 0 Å². The number of hydrogen-bond acceptors (Lipinski definition) is 3. The van der Waals surface area contributed by atoms with Gasteiger partial charge in [-0.05, 0) is 42.7 Å². The Morgan fingerprint density at radius 1 is 1.24 bits per heavy atom. The molecule has 130 valence electrons. The normalized spacial score (nSPS) is 18.6. The third-order valence-corrected chi connectivity index (χ3v) is 4.97. The van der Waals surface area contributed by atoms with E-state index in [9.17, 15) is 4.79 Å². The van der Waals surface area contributed by atoms with E-state index in [1.807, 2.05) is 29.2 Å². The molecule has 0 saturated carbocycles. The first-order chi connectivity index (χ1) is 12.1. The Labute approximate surface area is 152 Å². The van der Waals surface area contributed by atoms with Gasteiger partial charge >= 0.3 is 0 Å². The molecule has 0 aromatic heterocycles. The molecule has 0 fully saturated rings. The second kappa shape index (κ2) is 6.60. The lowest BCUT2D eigenvalue weighted by Crippen LogP contribution is -2.36. The van der Waals surface area contributed by atoms with E-state index >= 15 is 0 Å². The quantitative estimate of drug-likeness (QED) is 0.814. The standard InChI is InChI=1S/C20H20ClNO3/c1-13-9-15-5-2-3-6-17(15)22(13)19(23)12-14-10-16(21)20-18(11-14)24-7-4-8-25-20/h2-3,5-6,10-11,13H,4,7-9,12H2,1H3/t13-/m0/s1.